The molecule has 1 N–H and O–H groups in total. The summed E-state index contributed by atoms with van der Waals surface area (Å²) in [5.74, 6) is -2.21. The molecule has 0 saturated carbocycles. The molecule has 3 aliphatic heterocycles. The minimum atomic E-state index is -1.19. The SMILES string of the molecule is CCOc1ccc(C(C)=O)cc1N1C(=O)[C@@H]2[C@@H](C1=O)[C@@]1(CO)C=C[C@@]2(C)O1. The molecule has 1 aromatic rings. The highest BCUT2D eigenvalue weighted by atomic mass is 16.5. The van der Waals surface area contributed by atoms with Crippen LogP contribution in [0.2, 0.25) is 0 Å². The number of anilines is 1. The van der Waals surface area contributed by atoms with Crippen molar-refractivity contribution in [3.63, 3.8) is 0 Å². The number of carbonyl (C=O) groups is 3. The first-order valence-corrected chi connectivity index (χ1v) is 8.95. The molecule has 4 rings (SSSR count). The van der Waals surface area contributed by atoms with E-state index in [1.165, 1.54) is 13.0 Å². The Labute approximate surface area is 156 Å². The summed E-state index contributed by atoms with van der Waals surface area (Å²) in [5.41, 5.74) is -1.50. The van der Waals surface area contributed by atoms with E-state index >= 15 is 0 Å². The summed E-state index contributed by atoms with van der Waals surface area (Å²) >= 11 is 0. The molecule has 2 bridgehead atoms. The van der Waals surface area contributed by atoms with Gasteiger partial charge >= 0.3 is 0 Å². The van der Waals surface area contributed by atoms with Crippen molar-refractivity contribution < 1.29 is 29.0 Å². The second-order valence-electron chi connectivity index (χ2n) is 7.37. The molecule has 27 heavy (non-hydrogen) atoms. The number of carbonyl (C=O) groups excluding carboxylic acids is 3. The molecule has 2 saturated heterocycles. The number of fused-ring (bicyclic) bond motifs is 5. The van der Waals surface area contributed by atoms with Gasteiger partial charge in [0.05, 0.1) is 36.3 Å². The van der Waals surface area contributed by atoms with Crippen LogP contribution in [0.3, 0.4) is 0 Å². The average molecular weight is 371 g/mol. The Morgan fingerprint density at radius 3 is 2.59 bits per heavy atom. The van der Waals surface area contributed by atoms with Crippen molar-refractivity contribution in [1.29, 1.82) is 0 Å². The third kappa shape index (κ3) is 2.25. The summed E-state index contributed by atoms with van der Waals surface area (Å²) in [4.78, 5) is 39.4. The normalized spacial score (nSPS) is 33.7. The number of ether oxygens (including phenoxy) is 2. The van der Waals surface area contributed by atoms with Gasteiger partial charge in [0.2, 0.25) is 11.8 Å². The van der Waals surface area contributed by atoms with E-state index in [1.807, 2.05) is 0 Å². The fraction of sp³-hybridized carbons (Fsp3) is 0.450. The van der Waals surface area contributed by atoms with E-state index in [-0.39, 0.29) is 18.1 Å². The lowest BCUT2D eigenvalue weighted by Gasteiger charge is -2.27. The third-order valence-electron chi connectivity index (χ3n) is 5.71. The van der Waals surface area contributed by atoms with Crippen molar-refractivity contribution in [3.8, 4) is 5.75 Å². The number of amides is 2. The topological polar surface area (TPSA) is 93.1 Å². The molecule has 2 amide bonds. The van der Waals surface area contributed by atoms with Gasteiger partial charge in [0, 0.05) is 5.56 Å². The van der Waals surface area contributed by atoms with E-state index in [0.29, 0.717) is 17.9 Å². The Kier molecular flexibility index (Phi) is 3.80. The van der Waals surface area contributed by atoms with Gasteiger partial charge in [-0.25, -0.2) is 4.90 Å². The van der Waals surface area contributed by atoms with E-state index in [4.69, 9.17) is 9.47 Å². The summed E-state index contributed by atoms with van der Waals surface area (Å²) < 4.78 is 11.5. The quantitative estimate of drug-likeness (QED) is 0.479. The minimum absolute atomic E-state index is 0.178. The summed E-state index contributed by atoms with van der Waals surface area (Å²) in [7, 11) is 0. The van der Waals surface area contributed by atoms with Gasteiger partial charge in [-0.1, -0.05) is 12.2 Å². The van der Waals surface area contributed by atoms with Gasteiger partial charge < -0.3 is 14.6 Å². The van der Waals surface area contributed by atoms with Crippen molar-refractivity contribution in [1.82, 2.24) is 0 Å². The lowest BCUT2D eigenvalue weighted by Crippen LogP contribution is -2.43. The van der Waals surface area contributed by atoms with Gasteiger partial charge in [0.1, 0.15) is 11.4 Å². The van der Waals surface area contributed by atoms with E-state index in [9.17, 15) is 19.5 Å². The maximum Gasteiger partial charge on any atom is 0.241 e. The van der Waals surface area contributed by atoms with Gasteiger partial charge in [-0.05, 0) is 39.0 Å². The molecule has 7 nitrogen and oxygen atoms in total. The fourth-order valence-corrected chi connectivity index (χ4v) is 4.47. The molecular formula is C20H21NO6. The van der Waals surface area contributed by atoms with Crippen molar-refractivity contribution in [2.75, 3.05) is 18.1 Å². The van der Waals surface area contributed by atoms with E-state index in [2.05, 4.69) is 0 Å². The summed E-state index contributed by atoms with van der Waals surface area (Å²) in [6.45, 7) is 4.92. The first-order valence-electron chi connectivity index (χ1n) is 8.95. The summed E-state index contributed by atoms with van der Waals surface area (Å²) in [6, 6.07) is 4.71. The van der Waals surface area contributed by atoms with Crippen LogP contribution < -0.4 is 9.64 Å². The van der Waals surface area contributed by atoms with Crippen LogP contribution in [0.25, 0.3) is 0 Å². The van der Waals surface area contributed by atoms with Crippen molar-refractivity contribution >= 4 is 23.3 Å². The van der Waals surface area contributed by atoms with E-state index in [1.54, 1.807) is 38.1 Å². The van der Waals surface area contributed by atoms with Gasteiger partial charge in [0.15, 0.2) is 5.78 Å². The zero-order valence-corrected chi connectivity index (χ0v) is 15.4. The number of nitrogens with zero attached hydrogens (tertiary/aromatic N) is 1. The molecule has 0 aromatic heterocycles. The number of ketones is 1. The van der Waals surface area contributed by atoms with Gasteiger partial charge in [-0.2, -0.15) is 0 Å². The monoisotopic (exact) mass is 371 g/mol. The Hall–Kier alpha value is -2.51. The predicted octanol–water partition coefficient (Wildman–Crippen LogP) is 1.48. The van der Waals surface area contributed by atoms with Crippen molar-refractivity contribution in [2.45, 2.75) is 32.0 Å². The van der Waals surface area contributed by atoms with Crippen LogP contribution in [0.5, 0.6) is 5.75 Å². The molecule has 0 spiro atoms. The van der Waals surface area contributed by atoms with Crippen LogP contribution in [0.15, 0.2) is 30.4 Å². The number of aliphatic hydroxyl groups is 1. The molecule has 3 heterocycles. The van der Waals surface area contributed by atoms with Crippen molar-refractivity contribution in [2.24, 2.45) is 11.8 Å². The Morgan fingerprint density at radius 2 is 1.96 bits per heavy atom. The smallest absolute Gasteiger partial charge is 0.241 e. The minimum Gasteiger partial charge on any atom is -0.492 e. The molecule has 0 radical (unpaired) electrons. The van der Waals surface area contributed by atoms with E-state index < -0.39 is 34.9 Å². The largest absolute Gasteiger partial charge is 0.492 e. The standard InChI is InChI=1S/C20H21NO6/c1-4-26-14-6-5-12(11(2)23)9-13(14)21-17(24)15-16(18(21)25)20(10-22)8-7-19(15,3)27-20/h5-9,15-16,22H,4,10H2,1-3H3/t15-,16-,19+,20-/m0/s1. The van der Waals surface area contributed by atoms with Crippen LogP contribution in [-0.4, -0.2) is 47.1 Å². The lowest BCUT2D eigenvalue weighted by molar-refractivity contribution is -0.131. The van der Waals surface area contributed by atoms with Gasteiger partial charge in [-0.15, -0.1) is 0 Å². The molecule has 0 unspecified atom stereocenters. The predicted molar refractivity (Wildman–Crippen MR) is 95.5 cm³/mol. The number of hydrogen-bond donors (Lipinski definition) is 1. The lowest BCUT2D eigenvalue weighted by atomic mass is 9.73. The molecule has 2 fully saturated rings. The Morgan fingerprint density at radius 1 is 1.26 bits per heavy atom. The number of imide groups is 1. The number of Topliss-reactive ketones (excluding diaryl/α,β-unsaturated/α-hetero) is 1. The zero-order chi connectivity index (χ0) is 19.6. The van der Waals surface area contributed by atoms with Gasteiger partial charge in [0.25, 0.3) is 0 Å². The van der Waals surface area contributed by atoms with Crippen LogP contribution in [-0.2, 0) is 14.3 Å². The van der Waals surface area contributed by atoms with Crippen LogP contribution in [0.4, 0.5) is 5.69 Å². The number of aliphatic hydroxyl groups excluding tert-OH is 1. The molecule has 142 valence electrons. The van der Waals surface area contributed by atoms with Crippen LogP contribution in [0.1, 0.15) is 31.1 Å². The molecule has 4 atom stereocenters. The molecule has 3 aliphatic rings. The third-order valence-corrected chi connectivity index (χ3v) is 5.71. The first kappa shape index (κ1) is 17.9. The summed E-state index contributed by atoms with van der Waals surface area (Å²) in [6.07, 6.45) is 3.42. The Balaban J connectivity index is 1.83. The second kappa shape index (κ2) is 5.74. The fourth-order valence-electron chi connectivity index (χ4n) is 4.47. The number of hydrogen-bond acceptors (Lipinski definition) is 6. The first-order chi connectivity index (χ1) is 12.8. The maximum atomic E-state index is 13.3. The number of rotatable bonds is 5. The van der Waals surface area contributed by atoms with E-state index in [0.717, 1.165) is 4.90 Å². The van der Waals surface area contributed by atoms with Crippen molar-refractivity contribution in [3.05, 3.63) is 35.9 Å². The second-order valence-corrected chi connectivity index (χ2v) is 7.37. The molecule has 7 heteroatoms. The highest BCUT2D eigenvalue weighted by Crippen LogP contribution is 2.58. The molecule has 1 aromatic carbocycles. The summed E-state index contributed by atoms with van der Waals surface area (Å²) in [5, 5.41) is 9.89. The van der Waals surface area contributed by atoms with Gasteiger partial charge in [-0.3, -0.25) is 14.4 Å². The average Bonchev–Trinajstić information content (AvgIpc) is 3.21. The Bertz CT molecular complexity index is 892. The zero-order valence-electron chi connectivity index (χ0n) is 15.4. The highest BCUT2D eigenvalue weighted by molar-refractivity contribution is 6.24. The number of benzene rings is 1. The highest BCUT2D eigenvalue weighted by Gasteiger charge is 2.72. The van der Waals surface area contributed by atoms with Crippen LogP contribution >= 0.6 is 0 Å². The maximum absolute atomic E-state index is 13.3. The molecule has 0 aliphatic carbocycles. The molecular weight excluding hydrogens is 350 g/mol. The van der Waals surface area contributed by atoms with Crippen LogP contribution in [0, 0.1) is 11.8 Å².